The van der Waals surface area contributed by atoms with Crippen LogP contribution in [0.1, 0.15) is 77.8 Å². The summed E-state index contributed by atoms with van der Waals surface area (Å²) in [6, 6.07) is 9.42. The molecule has 0 saturated heterocycles. The lowest BCUT2D eigenvalue weighted by atomic mass is 9.43. The van der Waals surface area contributed by atoms with Gasteiger partial charge >= 0.3 is 0 Å². The van der Waals surface area contributed by atoms with E-state index in [4.69, 9.17) is 0 Å². The Kier molecular flexibility index (Phi) is 3.49. The quantitative estimate of drug-likeness (QED) is 0.709. The third kappa shape index (κ3) is 2.56. The van der Waals surface area contributed by atoms with E-state index in [0.717, 1.165) is 12.5 Å². The van der Waals surface area contributed by atoms with E-state index in [-0.39, 0.29) is 0 Å². The molecule has 1 N–H and O–H groups in total. The summed E-state index contributed by atoms with van der Waals surface area (Å²) in [6.45, 7) is 10.7. The molecule has 0 amide bonds. The van der Waals surface area contributed by atoms with E-state index in [9.17, 15) is 0 Å². The second-order valence-electron chi connectivity index (χ2n) is 10.9. The molecule has 2 unspecified atom stereocenters. The van der Waals surface area contributed by atoms with Crippen LogP contribution in [0.4, 0.5) is 0 Å². The first-order valence-corrected chi connectivity index (χ1v) is 10.6. The van der Waals surface area contributed by atoms with Crippen molar-refractivity contribution in [2.75, 3.05) is 0 Å². The number of nitrogens with one attached hydrogen (secondary N) is 1. The zero-order chi connectivity index (χ0) is 18.2. The Labute approximate surface area is 158 Å². The minimum Gasteiger partial charge on any atom is -0.345 e. The maximum atomic E-state index is 4.13. The minimum absolute atomic E-state index is 0.379. The van der Waals surface area contributed by atoms with Crippen molar-refractivity contribution in [3.8, 4) is 0 Å². The zero-order valence-electron chi connectivity index (χ0n) is 16.9. The number of hydrogen-bond acceptors (Lipinski definition) is 1. The van der Waals surface area contributed by atoms with Crippen LogP contribution < -0.4 is 5.32 Å². The summed E-state index contributed by atoms with van der Waals surface area (Å²) in [5.74, 6) is 0.950. The van der Waals surface area contributed by atoms with E-state index in [0.29, 0.717) is 22.4 Å². The summed E-state index contributed by atoms with van der Waals surface area (Å²) >= 11 is 0. The van der Waals surface area contributed by atoms with E-state index in [2.05, 4.69) is 68.0 Å². The fourth-order valence-corrected chi connectivity index (χ4v) is 7.77. The van der Waals surface area contributed by atoms with Gasteiger partial charge in [-0.15, -0.1) is 0 Å². The monoisotopic (exact) mass is 350 g/mol. The first-order valence-electron chi connectivity index (χ1n) is 10.6. The fraction of sp³-hybridized carbons (Fsp3) is 0.667. The summed E-state index contributed by atoms with van der Waals surface area (Å²) in [7, 11) is 0. The van der Waals surface area contributed by atoms with Crippen LogP contribution in [0.15, 0.2) is 30.5 Å². The smallest absolute Gasteiger partial charge is 0.0486 e. The average Bonchev–Trinajstić information content (AvgIpc) is 2.89. The van der Waals surface area contributed by atoms with Crippen LogP contribution in [0, 0.1) is 16.7 Å². The van der Waals surface area contributed by atoms with Crippen LogP contribution in [-0.4, -0.2) is 10.1 Å². The number of nitrogens with zero attached hydrogens (tertiary/aromatic N) is 1. The minimum atomic E-state index is 0.379. The summed E-state index contributed by atoms with van der Waals surface area (Å²) in [4.78, 5) is 0. The van der Waals surface area contributed by atoms with Crippen LogP contribution in [0.5, 0.6) is 0 Å². The van der Waals surface area contributed by atoms with Crippen molar-refractivity contribution < 1.29 is 0 Å². The van der Waals surface area contributed by atoms with Crippen LogP contribution in [0.3, 0.4) is 0 Å². The number of rotatable bonds is 4. The van der Waals surface area contributed by atoms with E-state index < -0.39 is 0 Å². The van der Waals surface area contributed by atoms with Crippen molar-refractivity contribution in [1.29, 1.82) is 0 Å². The standard InChI is InChI=1S/C24H34N2/c1-17(2)26-13-19(20-7-5-6-8-21(20)26)12-25-24-11-18-9-22(3,15-24)14-23(4,10-18)16-24/h5-8,13,17-18,25H,9-12,14-16H2,1-4H3/t18?,22-,23+,24?. The van der Waals surface area contributed by atoms with Gasteiger partial charge in [-0.1, -0.05) is 32.0 Å². The number of benzene rings is 1. The molecule has 4 aliphatic rings. The third-order valence-electron chi connectivity index (χ3n) is 7.66. The SMILES string of the molecule is CC(C)n1cc(CNC23CC4C[C@@](C)(C2)C[C@](C)(C4)C3)c2ccccc21. The van der Waals surface area contributed by atoms with Crippen molar-refractivity contribution >= 4 is 10.9 Å². The lowest BCUT2D eigenvalue weighted by Gasteiger charge is -2.65. The van der Waals surface area contributed by atoms with Gasteiger partial charge in [0.2, 0.25) is 0 Å². The molecule has 26 heavy (non-hydrogen) atoms. The van der Waals surface area contributed by atoms with Gasteiger partial charge in [0.05, 0.1) is 0 Å². The molecule has 1 aromatic carbocycles. The van der Waals surface area contributed by atoms with Crippen LogP contribution >= 0.6 is 0 Å². The molecule has 6 rings (SSSR count). The highest BCUT2D eigenvalue weighted by Crippen LogP contribution is 2.66. The predicted molar refractivity (Wildman–Crippen MR) is 109 cm³/mol. The normalized spacial score (nSPS) is 38.6. The van der Waals surface area contributed by atoms with Gasteiger partial charge in [-0.3, -0.25) is 0 Å². The predicted octanol–water partition coefficient (Wildman–Crippen LogP) is 6.06. The van der Waals surface area contributed by atoms with E-state index in [1.54, 1.807) is 0 Å². The Hall–Kier alpha value is -1.28. The first-order chi connectivity index (χ1) is 12.3. The molecule has 0 spiro atoms. The van der Waals surface area contributed by atoms with Crippen LogP contribution in [-0.2, 0) is 6.54 Å². The van der Waals surface area contributed by atoms with E-state index in [1.165, 1.54) is 55.0 Å². The number of fused-ring (bicyclic) bond motifs is 1. The molecule has 1 heterocycles. The Balaban J connectivity index is 1.44. The van der Waals surface area contributed by atoms with Crippen molar-refractivity contribution in [2.24, 2.45) is 16.7 Å². The Morgan fingerprint density at radius 1 is 1.04 bits per heavy atom. The lowest BCUT2D eigenvalue weighted by molar-refractivity contribution is -0.118. The summed E-state index contributed by atoms with van der Waals surface area (Å²) in [6.07, 6.45) is 11.0. The van der Waals surface area contributed by atoms with Crippen LogP contribution in [0.25, 0.3) is 10.9 Å². The summed E-state index contributed by atoms with van der Waals surface area (Å²) in [5, 5.41) is 5.55. The molecular weight excluding hydrogens is 316 g/mol. The Morgan fingerprint density at radius 2 is 1.73 bits per heavy atom. The Morgan fingerprint density at radius 3 is 2.38 bits per heavy atom. The van der Waals surface area contributed by atoms with E-state index >= 15 is 0 Å². The van der Waals surface area contributed by atoms with Gasteiger partial charge in [-0.05, 0) is 80.8 Å². The van der Waals surface area contributed by atoms with Gasteiger partial charge in [-0.2, -0.15) is 0 Å². The number of hydrogen-bond donors (Lipinski definition) is 1. The summed E-state index contributed by atoms with van der Waals surface area (Å²) < 4.78 is 2.44. The van der Waals surface area contributed by atoms with Gasteiger partial charge in [0.15, 0.2) is 0 Å². The van der Waals surface area contributed by atoms with Gasteiger partial charge < -0.3 is 9.88 Å². The van der Waals surface area contributed by atoms with Crippen molar-refractivity contribution in [1.82, 2.24) is 9.88 Å². The molecule has 4 atom stereocenters. The topological polar surface area (TPSA) is 17.0 Å². The highest BCUT2D eigenvalue weighted by Gasteiger charge is 2.59. The largest absolute Gasteiger partial charge is 0.345 e. The van der Waals surface area contributed by atoms with Gasteiger partial charge in [0.25, 0.3) is 0 Å². The maximum absolute atomic E-state index is 4.13. The van der Waals surface area contributed by atoms with Gasteiger partial charge in [0.1, 0.15) is 0 Å². The molecule has 0 aliphatic heterocycles. The molecule has 4 saturated carbocycles. The number of para-hydroxylation sites is 1. The molecule has 4 fully saturated rings. The van der Waals surface area contributed by atoms with Gasteiger partial charge in [-0.25, -0.2) is 0 Å². The molecule has 1 aromatic heterocycles. The molecule has 2 nitrogen and oxygen atoms in total. The third-order valence-corrected chi connectivity index (χ3v) is 7.66. The molecule has 0 radical (unpaired) electrons. The molecule has 4 bridgehead atoms. The van der Waals surface area contributed by atoms with Crippen molar-refractivity contribution in [3.05, 3.63) is 36.0 Å². The van der Waals surface area contributed by atoms with Crippen molar-refractivity contribution in [3.63, 3.8) is 0 Å². The molecule has 2 aromatic rings. The Bertz CT molecular complexity index is 827. The molecular formula is C24H34N2. The van der Waals surface area contributed by atoms with Gasteiger partial charge in [0, 0.05) is 35.2 Å². The van der Waals surface area contributed by atoms with Crippen molar-refractivity contribution in [2.45, 2.75) is 84.3 Å². The number of aromatic nitrogens is 1. The zero-order valence-corrected chi connectivity index (χ0v) is 16.9. The first kappa shape index (κ1) is 16.9. The molecule has 4 aliphatic carbocycles. The highest BCUT2D eigenvalue weighted by molar-refractivity contribution is 5.84. The summed E-state index contributed by atoms with van der Waals surface area (Å²) in [5.41, 5.74) is 4.38. The average molecular weight is 351 g/mol. The second-order valence-corrected chi connectivity index (χ2v) is 10.9. The highest BCUT2D eigenvalue weighted by atomic mass is 15.0. The fourth-order valence-electron chi connectivity index (χ4n) is 7.77. The second kappa shape index (κ2) is 5.38. The molecule has 2 heteroatoms. The maximum Gasteiger partial charge on any atom is 0.0486 e. The molecule has 140 valence electrons. The van der Waals surface area contributed by atoms with Crippen LogP contribution in [0.2, 0.25) is 0 Å². The van der Waals surface area contributed by atoms with E-state index in [1.807, 2.05) is 0 Å². The lowest BCUT2D eigenvalue weighted by Crippen LogP contribution is -2.63.